The fraction of sp³-hybridized carbons (Fsp3) is 0.269. The highest BCUT2D eigenvalue weighted by atomic mass is 16.5. The molecule has 1 fully saturated rings. The lowest BCUT2D eigenvalue weighted by Gasteiger charge is -2.27. The van der Waals surface area contributed by atoms with E-state index in [2.05, 4.69) is 5.10 Å². The minimum atomic E-state index is -0.790. The molecule has 1 aliphatic rings. The highest BCUT2D eigenvalue weighted by Gasteiger charge is 2.44. The molecule has 0 bridgehead atoms. The predicted octanol–water partition coefficient (Wildman–Crippen LogP) is 0.558. The van der Waals surface area contributed by atoms with Crippen LogP contribution >= 0.6 is 0 Å². The molecule has 0 spiro atoms. The molecule has 34 heavy (non-hydrogen) atoms. The fourth-order valence-electron chi connectivity index (χ4n) is 4.21. The van der Waals surface area contributed by atoms with Crippen molar-refractivity contribution in [1.82, 2.24) is 14.7 Å². The smallest absolute Gasteiger partial charge is 0.295 e. The van der Waals surface area contributed by atoms with Gasteiger partial charge in [0.25, 0.3) is 5.91 Å². The van der Waals surface area contributed by atoms with E-state index in [0.29, 0.717) is 35.7 Å². The van der Waals surface area contributed by atoms with Crippen LogP contribution in [0.25, 0.3) is 11.4 Å². The Hall–Kier alpha value is -3.91. The van der Waals surface area contributed by atoms with Crippen LogP contribution < -0.4 is 14.7 Å². The zero-order chi connectivity index (χ0) is 24.4. The first-order chi connectivity index (χ1) is 16.3. The Kier molecular flexibility index (Phi) is 6.51. The van der Waals surface area contributed by atoms with Crippen molar-refractivity contribution in [3.63, 3.8) is 0 Å². The molecule has 4 rings (SSSR count). The van der Waals surface area contributed by atoms with Gasteiger partial charge in [0.05, 0.1) is 52.2 Å². The summed E-state index contributed by atoms with van der Waals surface area (Å²) in [5, 5.41) is 18.1. The first-order valence-electron chi connectivity index (χ1n) is 11.1. The maximum Gasteiger partial charge on any atom is 0.295 e. The SMILES string of the molecule is COc1cccc(C2C(=C([O-])c3cnn(-c4ccccc4)c3C)C(=O)C(=O)N2CC[NH+](C)C)c1. The fourth-order valence-corrected chi connectivity index (χ4v) is 4.21. The minimum absolute atomic E-state index is 0.0530. The lowest BCUT2D eigenvalue weighted by atomic mass is 9.95. The summed E-state index contributed by atoms with van der Waals surface area (Å²) in [4.78, 5) is 28.9. The number of Topliss-reactive ketones (excluding diaryl/α,β-unsaturated/α-hetero) is 1. The summed E-state index contributed by atoms with van der Waals surface area (Å²) < 4.78 is 7.01. The van der Waals surface area contributed by atoms with Gasteiger partial charge in [-0.25, -0.2) is 4.68 Å². The normalized spacial score (nSPS) is 17.6. The maximum absolute atomic E-state index is 13.8. The largest absolute Gasteiger partial charge is 0.872 e. The number of hydrogen-bond acceptors (Lipinski definition) is 5. The molecule has 1 aliphatic heterocycles. The Balaban J connectivity index is 1.86. The molecule has 1 amide bonds. The zero-order valence-corrected chi connectivity index (χ0v) is 19.7. The molecule has 2 heterocycles. The molecule has 0 saturated carbocycles. The topological polar surface area (TPSA) is 91.9 Å². The Labute approximate surface area is 198 Å². The highest BCUT2D eigenvalue weighted by Crippen LogP contribution is 2.39. The number of amides is 1. The molecule has 3 aromatic rings. The van der Waals surface area contributed by atoms with Crippen molar-refractivity contribution in [2.75, 3.05) is 34.3 Å². The van der Waals surface area contributed by atoms with Crippen LogP contribution in [0, 0.1) is 6.92 Å². The van der Waals surface area contributed by atoms with Gasteiger partial charge in [0.1, 0.15) is 5.75 Å². The summed E-state index contributed by atoms with van der Waals surface area (Å²) in [6.45, 7) is 2.75. The first-order valence-corrected chi connectivity index (χ1v) is 11.1. The molecule has 1 saturated heterocycles. The van der Waals surface area contributed by atoms with Gasteiger partial charge < -0.3 is 19.6 Å². The number of benzene rings is 2. The van der Waals surface area contributed by atoms with E-state index in [1.54, 1.807) is 36.9 Å². The number of likely N-dealkylation sites (tertiary alicyclic amines) is 1. The molecule has 8 nitrogen and oxygen atoms in total. The quantitative estimate of drug-likeness (QED) is 0.316. The number of methoxy groups -OCH3 is 1. The number of ketones is 1. The molecule has 176 valence electrons. The lowest BCUT2D eigenvalue weighted by Crippen LogP contribution is -3.06. The number of carbonyl (C=O) groups excluding carboxylic acids is 2. The molecular weight excluding hydrogens is 432 g/mol. The maximum atomic E-state index is 13.8. The Morgan fingerprint density at radius 3 is 2.53 bits per heavy atom. The van der Waals surface area contributed by atoms with Crippen LogP contribution in [0.2, 0.25) is 0 Å². The van der Waals surface area contributed by atoms with Crippen LogP contribution in [-0.2, 0) is 9.59 Å². The predicted molar refractivity (Wildman–Crippen MR) is 125 cm³/mol. The Bertz CT molecular complexity index is 1250. The van der Waals surface area contributed by atoms with Gasteiger partial charge >= 0.3 is 0 Å². The first kappa shape index (κ1) is 23.3. The van der Waals surface area contributed by atoms with E-state index in [1.165, 1.54) is 11.1 Å². The van der Waals surface area contributed by atoms with Gasteiger partial charge in [0, 0.05) is 16.8 Å². The van der Waals surface area contributed by atoms with Crippen molar-refractivity contribution in [1.29, 1.82) is 0 Å². The van der Waals surface area contributed by atoms with Crippen LogP contribution in [0.3, 0.4) is 0 Å². The number of carbonyl (C=O) groups is 2. The molecule has 0 radical (unpaired) electrons. The van der Waals surface area contributed by atoms with Gasteiger partial charge in [-0.1, -0.05) is 36.1 Å². The minimum Gasteiger partial charge on any atom is -0.872 e. The Morgan fingerprint density at radius 1 is 1.12 bits per heavy atom. The van der Waals surface area contributed by atoms with Crippen molar-refractivity contribution >= 4 is 17.4 Å². The molecule has 1 atom stereocenters. The third-order valence-corrected chi connectivity index (χ3v) is 6.05. The van der Waals surface area contributed by atoms with E-state index in [-0.39, 0.29) is 5.57 Å². The molecule has 1 unspecified atom stereocenters. The second-order valence-corrected chi connectivity index (χ2v) is 8.60. The summed E-state index contributed by atoms with van der Waals surface area (Å²) in [6, 6.07) is 15.8. The molecule has 2 aromatic carbocycles. The molecule has 1 N–H and O–H groups in total. The molecule has 0 aliphatic carbocycles. The molecule has 1 aromatic heterocycles. The number of nitrogens with one attached hydrogen (secondary N) is 1. The summed E-state index contributed by atoms with van der Waals surface area (Å²) in [5.74, 6) is -1.32. The van der Waals surface area contributed by atoms with Crippen molar-refractivity contribution in [2.24, 2.45) is 0 Å². The van der Waals surface area contributed by atoms with Crippen molar-refractivity contribution < 1.29 is 24.3 Å². The van der Waals surface area contributed by atoms with Crippen LogP contribution in [0.1, 0.15) is 22.9 Å². The van der Waals surface area contributed by atoms with Crippen molar-refractivity contribution in [3.05, 3.63) is 83.2 Å². The lowest BCUT2D eigenvalue weighted by molar-refractivity contribution is -0.857. The average molecular weight is 461 g/mol. The third kappa shape index (κ3) is 4.20. The van der Waals surface area contributed by atoms with Gasteiger partial charge in [0.2, 0.25) is 5.78 Å². The monoisotopic (exact) mass is 460 g/mol. The second kappa shape index (κ2) is 9.52. The van der Waals surface area contributed by atoms with E-state index in [0.717, 1.165) is 10.6 Å². The number of para-hydroxylation sites is 1. The van der Waals surface area contributed by atoms with E-state index in [1.807, 2.05) is 50.5 Å². The second-order valence-electron chi connectivity index (χ2n) is 8.60. The zero-order valence-electron chi connectivity index (χ0n) is 19.7. The van der Waals surface area contributed by atoms with Gasteiger partial charge in [-0.15, -0.1) is 0 Å². The van der Waals surface area contributed by atoms with Gasteiger partial charge in [0.15, 0.2) is 0 Å². The van der Waals surface area contributed by atoms with E-state index in [9.17, 15) is 14.7 Å². The summed E-state index contributed by atoms with van der Waals surface area (Å²) in [5.41, 5.74) is 2.31. The van der Waals surface area contributed by atoms with E-state index in [4.69, 9.17) is 4.74 Å². The van der Waals surface area contributed by atoms with Crippen LogP contribution in [0.4, 0.5) is 0 Å². The summed E-state index contributed by atoms with van der Waals surface area (Å²) in [6.07, 6.45) is 1.46. The van der Waals surface area contributed by atoms with Crippen LogP contribution in [0.5, 0.6) is 5.75 Å². The standard InChI is InChI=1S/C26H28N4O4/c1-17-21(16-27-30(17)19-10-6-5-7-11-19)24(31)22-23(18-9-8-12-20(15-18)34-4)29(14-13-28(2)3)26(33)25(22)32/h5-12,15-16,23,31H,13-14H2,1-4H3. The van der Waals surface area contributed by atoms with Gasteiger partial charge in [-0.2, -0.15) is 5.10 Å². The highest BCUT2D eigenvalue weighted by molar-refractivity contribution is 6.46. The molecular formula is C26H28N4O4. The molecule has 8 heteroatoms. The van der Waals surface area contributed by atoms with Crippen LogP contribution in [0.15, 0.2) is 66.4 Å². The van der Waals surface area contributed by atoms with Crippen molar-refractivity contribution in [2.45, 2.75) is 13.0 Å². The number of quaternary nitrogens is 1. The average Bonchev–Trinajstić information content (AvgIpc) is 3.35. The Morgan fingerprint density at radius 2 is 1.85 bits per heavy atom. The van der Waals surface area contributed by atoms with Gasteiger partial charge in [-0.3, -0.25) is 9.59 Å². The number of likely N-dealkylation sites (N-methyl/N-ethyl adjacent to an activating group) is 1. The van der Waals surface area contributed by atoms with Crippen molar-refractivity contribution in [3.8, 4) is 11.4 Å². The van der Waals surface area contributed by atoms with Crippen LogP contribution in [-0.4, -0.2) is 60.7 Å². The van der Waals surface area contributed by atoms with Gasteiger partial charge in [-0.05, 0) is 36.8 Å². The summed E-state index contributed by atoms with van der Waals surface area (Å²) in [7, 11) is 5.49. The number of aromatic nitrogens is 2. The third-order valence-electron chi connectivity index (χ3n) is 6.05. The summed E-state index contributed by atoms with van der Waals surface area (Å²) >= 11 is 0. The van der Waals surface area contributed by atoms with E-state index >= 15 is 0 Å². The number of rotatable bonds is 7. The van der Waals surface area contributed by atoms with E-state index < -0.39 is 23.5 Å². The number of ether oxygens (including phenoxy) is 1. The number of nitrogens with zero attached hydrogens (tertiary/aromatic N) is 3. The number of hydrogen-bond donors (Lipinski definition) is 1.